The quantitative estimate of drug-likeness (QED) is 0.352. The van der Waals surface area contributed by atoms with Crippen molar-refractivity contribution >= 4 is 11.7 Å². The van der Waals surface area contributed by atoms with Gasteiger partial charge in [-0.3, -0.25) is 4.98 Å². The van der Waals surface area contributed by atoms with Crippen molar-refractivity contribution in [3.05, 3.63) is 17.6 Å². The van der Waals surface area contributed by atoms with Gasteiger partial charge in [-0.1, -0.05) is 12.1 Å². The van der Waals surface area contributed by atoms with Gasteiger partial charge in [0.05, 0.1) is 17.6 Å². The van der Waals surface area contributed by atoms with E-state index >= 15 is 0 Å². The Hall–Kier alpha value is -1.85. The fourth-order valence-electron chi connectivity index (χ4n) is 1.41. The Morgan fingerprint density at radius 2 is 2.18 bits per heavy atom. The van der Waals surface area contributed by atoms with Crippen molar-refractivity contribution < 1.29 is 5.21 Å². The van der Waals surface area contributed by atoms with Gasteiger partial charge in [0.2, 0.25) is 0 Å². The number of amidine groups is 1. The van der Waals surface area contributed by atoms with Crippen molar-refractivity contribution in [3.8, 4) is 0 Å². The minimum Gasteiger partial charge on any atom is -0.409 e. The van der Waals surface area contributed by atoms with Crippen molar-refractivity contribution in [2.75, 3.05) is 18.5 Å². The average Bonchev–Trinajstić information content (AvgIpc) is 2.31. The number of oxime groups is 1. The third-order valence-corrected chi connectivity index (χ3v) is 2.74. The van der Waals surface area contributed by atoms with Gasteiger partial charge in [-0.15, -0.1) is 0 Å². The number of nitrogens with zero attached hydrogens (tertiary/aromatic N) is 4. The van der Waals surface area contributed by atoms with E-state index in [-0.39, 0.29) is 11.8 Å². The topological polar surface area (TPSA) is 87.6 Å². The van der Waals surface area contributed by atoms with Crippen LogP contribution >= 0.6 is 0 Å². The maximum atomic E-state index is 8.59. The van der Waals surface area contributed by atoms with E-state index in [2.05, 4.69) is 15.1 Å². The van der Waals surface area contributed by atoms with Crippen LogP contribution in [0, 0.1) is 19.8 Å². The number of hydrogen-bond donors (Lipinski definition) is 2. The molecule has 0 aliphatic carbocycles. The lowest BCUT2D eigenvalue weighted by atomic mass is 10.1. The first-order valence-electron chi connectivity index (χ1n) is 5.44. The van der Waals surface area contributed by atoms with Crippen molar-refractivity contribution in [2.24, 2.45) is 16.8 Å². The minimum absolute atomic E-state index is 0.0478. The summed E-state index contributed by atoms with van der Waals surface area (Å²) in [4.78, 5) is 10.6. The van der Waals surface area contributed by atoms with Crippen LogP contribution in [0.1, 0.15) is 18.3 Å². The molecule has 1 aromatic heterocycles. The third kappa shape index (κ3) is 3.30. The summed E-state index contributed by atoms with van der Waals surface area (Å²) in [6, 6.07) is 0. The molecule has 0 saturated heterocycles. The van der Waals surface area contributed by atoms with Crippen molar-refractivity contribution in [1.29, 1.82) is 0 Å². The van der Waals surface area contributed by atoms with Gasteiger partial charge in [-0.05, 0) is 13.8 Å². The minimum atomic E-state index is -0.0478. The molecule has 0 aliphatic heterocycles. The zero-order valence-electron chi connectivity index (χ0n) is 10.7. The van der Waals surface area contributed by atoms with E-state index < -0.39 is 0 Å². The number of nitrogens with two attached hydrogens (primary N) is 1. The van der Waals surface area contributed by atoms with Crippen LogP contribution in [0.2, 0.25) is 0 Å². The van der Waals surface area contributed by atoms with E-state index in [0.29, 0.717) is 6.54 Å². The van der Waals surface area contributed by atoms with Crippen LogP contribution in [0.5, 0.6) is 0 Å². The first-order chi connectivity index (χ1) is 7.95. The summed E-state index contributed by atoms with van der Waals surface area (Å²) in [6.07, 6.45) is 1.72. The molecule has 94 valence electrons. The van der Waals surface area contributed by atoms with Crippen molar-refractivity contribution in [2.45, 2.75) is 20.8 Å². The number of rotatable bonds is 4. The third-order valence-electron chi connectivity index (χ3n) is 2.74. The molecule has 0 aliphatic rings. The van der Waals surface area contributed by atoms with Gasteiger partial charge in [0, 0.05) is 19.5 Å². The molecule has 1 aromatic rings. The van der Waals surface area contributed by atoms with Crippen molar-refractivity contribution in [3.63, 3.8) is 0 Å². The highest BCUT2D eigenvalue weighted by molar-refractivity contribution is 5.82. The Kier molecular flexibility index (Phi) is 4.25. The van der Waals surface area contributed by atoms with E-state index in [1.165, 1.54) is 0 Å². The van der Waals surface area contributed by atoms with Crippen LogP contribution in [0.15, 0.2) is 11.4 Å². The molecule has 1 unspecified atom stereocenters. The second-order valence-corrected chi connectivity index (χ2v) is 4.21. The highest BCUT2D eigenvalue weighted by Crippen LogP contribution is 2.11. The molecular formula is C11H19N5O. The summed E-state index contributed by atoms with van der Waals surface area (Å²) >= 11 is 0. The molecule has 1 rings (SSSR count). The monoisotopic (exact) mass is 237 g/mol. The lowest BCUT2D eigenvalue weighted by Crippen LogP contribution is -2.33. The largest absolute Gasteiger partial charge is 0.409 e. The Morgan fingerprint density at radius 1 is 1.53 bits per heavy atom. The molecule has 6 nitrogen and oxygen atoms in total. The average molecular weight is 237 g/mol. The zero-order valence-corrected chi connectivity index (χ0v) is 10.7. The van der Waals surface area contributed by atoms with E-state index in [0.717, 1.165) is 17.2 Å². The molecule has 1 heterocycles. The number of anilines is 1. The van der Waals surface area contributed by atoms with Crippen LogP contribution in [-0.2, 0) is 0 Å². The van der Waals surface area contributed by atoms with Gasteiger partial charge in [0.25, 0.3) is 0 Å². The van der Waals surface area contributed by atoms with Gasteiger partial charge in [0.15, 0.2) is 0 Å². The van der Waals surface area contributed by atoms with Gasteiger partial charge in [-0.2, -0.15) is 0 Å². The summed E-state index contributed by atoms with van der Waals surface area (Å²) in [5.41, 5.74) is 7.37. The number of aryl methyl sites for hydroxylation is 2. The van der Waals surface area contributed by atoms with E-state index in [9.17, 15) is 0 Å². The molecule has 0 saturated carbocycles. The summed E-state index contributed by atoms with van der Waals surface area (Å²) in [5, 5.41) is 11.6. The van der Waals surface area contributed by atoms with E-state index in [1.54, 1.807) is 6.20 Å². The second-order valence-electron chi connectivity index (χ2n) is 4.21. The molecular weight excluding hydrogens is 218 g/mol. The van der Waals surface area contributed by atoms with Gasteiger partial charge >= 0.3 is 0 Å². The Balaban J connectivity index is 2.76. The fourth-order valence-corrected chi connectivity index (χ4v) is 1.41. The van der Waals surface area contributed by atoms with Gasteiger partial charge < -0.3 is 15.8 Å². The fraction of sp³-hybridized carbons (Fsp3) is 0.545. The molecule has 0 spiro atoms. The molecule has 0 aromatic carbocycles. The first kappa shape index (κ1) is 13.2. The molecule has 17 heavy (non-hydrogen) atoms. The summed E-state index contributed by atoms with van der Waals surface area (Å²) in [5.74, 6) is 0.952. The van der Waals surface area contributed by atoms with Crippen molar-refractivity contribution in [1.82, 2.24) is 9.97 Å². The Labute approximate surface area is 101 Å². The van der Waals surface area contributed by atoms with Crippen LogP contribution < -0.4 is 10.6 Å². The normalized spacial score (nSPS) is 13.5. The molecule has 0 radical (unpaired) electrons. The standard InChI is InChI=1S/C11H19N5O/c1-7(11(12)15-17)6-16(4)10-5-13-8(2)9(3)14-10/h5,7,17H,6H2,1-4H3,(H2,12,15). The van der Waals surface area contributed by atoms with Crippen LogP contribution in [-0.4, -0.2) is 34.6 Å². The summed E-state index contributed by atoms with van der Waals surface area (Å²) in [6.45, 7) is 6.35. The Morgan fingerprint density at radius 3 is 2.71 bits per heavy atom. The molecule has 1 atom stereocenters. The Bertz CT molecular complexity index is 418. The second kappa shape index (κ2) is 5.47. The first-order valence-corrected chi connectivity index (χ1v) is 5.44. The highest BCUT2D eigenvalue weighted by atomic mass is 16.4. The van der Waals surface area contributed by atoms with Crippen LogP contribution in [0.4, 0.5) is 5.82 Å². The summed E-state index contributed by atoms with van der Waals surface area (Å²) in [7, 11) is 1.90. The number of hydrogen-bond acceptors (Lipinski definition) is 5. The van der Waals surface area contributed by atoms with Crippen LogP contribution in [0.3, 0.4) is 0 Å². The predicted molar refractivity (Wildman–Crippen MR) is 67.3 cm³/mol. The maximum Gasteiger partial charge on any atom is 0.147 e. The molecule has 6 heteroatoms. The smallest absolute Gasteiger partial charge is 0.147 e. The lowest BCUT2D eigenvalue weighted by Gasteiger charge is -2.21. The predicted octanol–water partition coefficient (Wildman–Crippen LogP) is 0.912. The number of aromatic nitrogens is 2. The molecule has 0 fully saturated rings. The summed E-state index contributed by atoms with van der Waals surface area (Å²) < 4.78 is 0. The SMILES string of the molecule is Cc1ncc(N(C)CC(C)C(N)=NO)nc1C. The molecule has 0 amide bonds. The maximum absolute atomic E-state index is 8.59. The zero-order chi connectivity index (χ0) is 13.0. The lowest BCUT2D eigenvalue weighted by molar-refractivity contribution is 0.314. The van der Waals surface area contributed by atoms with Crippen LogP contribution in [0.25, 0.3) is 0 Å². The molecule has 3 N–H and O–H groups in total. The molecule has 0 bridgehead atoms. The highest BCUT2D eigenvalue weighted by Gasteiger charge is 2.12. The van der Waals surface area contributed by atoms with Gasteiger partial charge in [-0.25, -0.2) is 4.98 Å². The van der Waals surface area contributed by atoms with E-state index in [1.807, 2.05) is 32.7 Å². The van der Waals surface area contributed by atoms with Gasteiger partial charge in [0.1, 0.15) is 11.7 Å². The van der Waals surface area contributed by atoms with E-state index in [4.69, 9.17) is 10.9 Å².